The van der Waals surface area contributed by atoms with Crippen molar-refractivity contribution >= 4 is 15.7 Å². The third kappa shape index (κ3) is 3.43. The normalized spacial score (nSPS) is 17.3. The number of sulfonamides is 1. The van der Waals surface area contributed by atoms with Crippen LogP contribution in [-0.4, -0.2) is 33.7 Å². The maximum Gasteiger partial charge on any atom is 0.260 e. The number of pyridine rings is 1. The molecule has 1 aliphatic rings. The van der Waals surface area contributed by atoms with E-state index in [4.69, 9.17) is 10.5 Å². The van der Waals surface area contributed by atoms with Crippen molar-refractivity contribution in [3.05, 3.63) is 18.3 Å². The van der Waals surface area contributed by atoms with E-state index in [0.717, 1.165) is 19.3 Å². The molecular weight excluding hydrogens is 266 g/mol. The van der Waals surface area contributed by atoms with Gasteiger partial charge in [0.1, 0.15) is 0 Å². The van der Waals surface area contributed by atoms with Gasteiger partial charge in [-0.3, -0.25) is 0 Å². The summed E-state index contributed by atoms with van der Waals surface area (Å²) in [5, 5.41) is -0.0995. The number of nitrogens with one attached hydrogen (secondary N) is 1. The van der Waals surface area contributed by atoms with Crippen molar-refractivity contribution < 1.29 is 13.2 Å². The second kappa shape index (κ2) is 5.44. The van der Waals surface area contributed by atoms with E-state index < -0.39 is 10.0 Å². The number of rotatable bonds is 7. The molecule has 0 spiro atoms. The highest BCUT2D eigenvalue weighted by atomic mass is 32.2. The molecule has 0 aromatic carbocycles. The van der Waals surface area contributed by atoms with Crippen molar-refractivity contribution in [1.29, 1.82) is 0 Å². The van der Waals surface area contributed by atoms with E-state index in [1.165, 1.54) is 12.3 Å². The van der Waals surface area contributed by atoms with Gasteiger partial charge in [0.25, 0.3) is 10.0 Å². The summed E-state index contributed by atoms with van der Waals surface area (Å²) < 4.78 is 31.9. The number of anilines is 1. The number of nitrogens with two attached hydrogens (primary N) is 1. The van der Waals surface area contributed by atoms with Crippen molar-refractivity contribution in [2.75, 3.05) is 26.0 Å². The molecule has 2 rings (SSSR count). The highest BCUT2D eigenvalue weighted by Gasteiger charge is 2.42. The van der Waals surface area contributed by atoms with Crippen molar-refractivity contribution in [1.82, 2.24) is 9.71 Å². The summed E-state index contributed by atoms with van der Waals surface area (Å²) in [4.78, 5) is 3.83. The Morgan fingerprint density at radius 2 is 2.26 bits per heavy atom. The Kier molecular flexibility index (Phi) is 4.07. The number of aromatic nitrogens is 1. The Balaban J connectivity index is 2.01. The third-order valence-corrected chi connectivity index (χ3v) is 4.86. The fourth-order valence-corrected chi connectivity index (χ4v) is 3.17. The molecule has 0 aliphatic heterocycles. The zero-order chi connectivity index (χ0) is 13.9. The Labute approximate surface area is 113 Å². The molecule has 0 bridgehead atoms. The minimum atomic E-state index is -3.64. The SMILES string of the molecule is COCCC1(CNS(=O)(=O)c2ncccc2N)CC1. The van der Waals surface area contributed by atoms with Crippen molar-refractivity contribution in [3.63, 3.8) is 0 Å². The van der Waals surface area contributed by atoms with E-state index >= 15 is 0 Å². The predicted octanol–water partition coefficient (Wildman–Crippen LogP) is 0.759. The first-order valence-electron chi connectivity index (χ1n) is 6.18. The molecule has 19 heavy (non-hydrogen) atoms. The molecule has 1 aliphatic carbocycles. The highest BCUT2D eigenvalue weighted by Crippen LogP contribution is 2.48. The molecule has 0 unspecified atom stereocenters. The predicted molar refractivity (Wildman–Crippen MR) is 72.0 cm³/mol. The molecule has 6 nitrogen and oxygen atoms in total. The van der Waals surface area contributed by atoms with Crippen molar-refractivity contribution in [3.8, 4) is 0 Å². The van der Waals surface area contributed by atoms with E-state index in [2.05, 4.69) is 9.71 Å². The van der Waals surface area contributed by atoms with Crippen LogP contribution in [0.5, 0.6) is 0 Å². The number of nitrogen functional groups attached to an aromatic ring is 1. The highest BCUT2D eigenvalue weighted by molar-refractivity contribution is 7.89. The van der Waals surface area contributed by atoms with Gasteiger partial charge < -0.3 is 10.5 Å². The van der Waals surface area contributed by atoms with Crippen LogP contribution in [-0.2, 0) is 14.8 Å². The lowest BCUT2D eigenvalue weighted by molar-refractivity contribution is 0.173. The summed E-state index contributed by atoms with van der Waals surface area (Å²) >= 11 is 0. The Morgan fingerprint density at radius 1 is 1.53 bits per heavy atom. The molecule has 0 saturated heterocycles. The van der Waals surface area contributed by atoms with E-state index in [9.17, 15) is 8.42 Å². The summed E-state index contributed by atoms with van der Waals surface area (Å²) in [6.45, 7) is 1.06. The maximum absolute atomic E-state index is 12.1. The lowest BCUT2D eigenvalue weighted by atomic mass is 10.0. The minimum absolute atomic E-state index is 0.0482. The topological polar surface area (TPSA) is 94.3 Å². The first kappa shape index (κ1) is 14.2. The van der Waals surface area contributed by atoms with Crippen molar-refractivity contribution in [2.45, 2.75) is 24.3 Å². The van der Waals surface area contributed by atoms with Crippen molar-refractivity contribution in [2.24, 2.45) is 5.41 Å². The molecule has 1 aromatic heterocycles. The van der Waals surface area contributed by atoms with Gasteiger partial charge in [0.15, 0.2) is 5.03 Å². The largest absolute Gasteiger partial charge is 0.396 e. The average Bonchev–Trinajstić information content (AvgIpc) is 3.15. The van der Waals surface area contributed by atoms with Gasteiger partial charge in [-0.05, 0) is 36.8 Å². The standard InChI is InChI=1S/C12H19N3O3S/c1-18-8-6-12(4-5-12)9-15-19(16,17)11-10(13)3-2-7-14-11/h2-3,7,15H,4-6,8-9,13H2,1H3. The van der Waals surface area contributed by atoms with Crippen LogP contribution in [0.15, 0.2) is 23.4 Å². The molecule has 1 aromatic rings. The Hall–Kier alpha value is -1.18. The van der Waals surface area contributed by atoms with Crippen LogP contribution >= 0.6 is 0 Å². The fraction of sp³-hybridized carbons (Fsp3) is 0.583. The molecule has 1 heterocycles. The molecule has 1 fully saturated rings. The fourth-order valence-electron chi connectivity index (χ4n) is 1.95. The van der Waals surface area contributed by atoms with Crippen LogP contribution in [0.1, 0.15) is 19.3 Å². The second-order valence-electron chi connectivity index (χ2n) is 4.97. The van der Waals surface area contributed by atoms with Crippen LogP contribution in [0.2, 0.25) is 0 Å². The molecule has 0 atom stereocenters. The van der Waals surface area contributed by atoms with E-state index in [0.29, 0.717) is 13.2 Å². The maximum atomic E-state index is 12.1. The summed E-state index contributed by atoms with van der Waals surface area (Å²) in [7, 11) is -1.99. The molecule has 1 saturated carbocycles. The van der Waals surface area contributed by atoms with Gasteiger partial charge in [-0.1, -0.05) is 0 Å². The van der Waals surface area contributed by atoms with Gasteiger partial charge in [0.2, 0.25) is 0 Å². The van der Waals surface area contributed by atoms with Gasteiger partial charge in [0, 0.05) is 26.5 Å². The number of methoxy groups -OCH3 is 1. The second-order valence-corrected chi connectivity index (χ2v) is 6.65. The van der Waals surface area contributed by atoms with E-state index in [1.807, 2.05) is 0 Å². The molecule has 0 radical (unpaired) electrons. The van der Waals surface area contributed by atoms with Gasteiger partial charge in [-0.25, -0.2) is 18.1 Å². The van der Waals surface area contributed by atoms with Gasteiger partial charge in [0.05, 0.1) is 5.69 Å². The molecule has 106 valence electrons. The Morgan fingerprint density at radius 3 is 2.84 bits per heavy atom. The van der Waals surface area contributed by atoms with E-state index in [1.54, 1.807) is 13.2 Å². The van der Waals surface area contributed by atoms with Crippen LogP contribution in [0.4, 0.5) is 5.69 Å². The third-order valence-electron chi connectivity index (χ3n) is 3.49. The van der Waals surface area contributed by atoms with Gasteiger partial charge >= 0.3 is 0 Å². The van der Waals surface area contributed by atoms with Crippen LogP contribution in [0.25, 0.3) is 0 Å². The lowest BCUT2D eigenvalue weighted by Crippen LogP contribution is -2.31. The van der Waals surface area contributed by atoms with Crippen LogP contribution < -0.4 is 10.5 Å². The summed E-state index contributed by atoms with van der Waals surface area (Å²) in [5.41, 5.74) is 5.85. The zero-order valence-corrected chi connectivity index (χ0v) is 11.7. The molecule has 3 N–H and O–H groups in total. The van der Waals surface area contributed by atoms with E-state index in [-0.39, 0.29) is 16.1 Å². The molecular formula is C12H19N3O3S. The number of nitrogens with zero attached hydrogens (tertiary/aromatic N) is 1. The first-order chi connectivity index (χ1) is 8.99. The summed E-state index contributed by atoms with van der Waals surface area (Å²) in [5.74, 6) is 0. The smallest absolute Gasteiger partial charge is 0.260 e. The van der Waals surface area contributed by atoms with Gasteiger partial charge in [-0.15, -0.1) is 0 Å². The zero-order valence-electron chi connectivity index (χ0n) is 10.9. The van der Waals surface area contributed by atoms with Crippen LogP contribution in [0.3, 0.4) is 0 Å². The first-order valence-corrected chi connectivity index (χ1v) is 7.67. The number of hydrogen-bond donors (Lipinski definition) is 2. The monoisotopic (exact) mass is 285 g/mol. The quantitative estimate of drug-likeness (QED) is 0.771. The lowest BCUT2D eigenvalue weighted by Gasteiger charge is -2.15. The number of hydrogen-bond acceptors (Lipinski definition) is 5. The minimum Gasteiger partial charge on any atom is -0.396 e. The van der Waals surface area contributed by atoms with Crippen LogP contribution in [0, 0.1) is 5.41 Å². The summed E-state index contributed by atoms with van der Waals surface area (Å²) in [6.07, 6.45) is 4.33. The Bertz CT molecular complexity index is 541. The average molecular weight is 285 g/mol. The molecule has 0 amide bonds. The number of ether oxygens (including phenoxy) is 1. The summed E-state index contributed by atoms with van der Waals surface area (Å²) in [6, 6.07) is 3.13. The molecule has 7 heteroatoms. The van der Waals surface area contributed by atoms with Gasteiger partial charge in [-0.2, -0.15) is 0 Å².